The Bertz CT molecular complexity index is 671. The van der Waals surface area contributed by atoms with Crippen LogP contribution in [0.3, 0.4) is 0 Å². The maximum absolute atomic E-state index is 11.1. The van der Waals surface area contributed by atoms with Gasteiger partial charge in [0.15, 0.2) is 0 Å². The Morgan fingerprint density at radius 1 is 0.895 bits per heavy atom. The summed E-state index contributed by atoms with van der Waals surface area (Å²) in [7, 11) is 1.55. The summed E-state index contributed by atoms with van der Waals surface area (Å²) in [5.41, 5.74) is 2.21. The Balaban J connectivity index is 2.24. The summed E-state index contributed by atoms with van der Waals surface area (Å²) in [6.07, 6.45) is 0. The highest BCUT2D eigenvalue weighted by molar-refractivity contribution is 8.13. The number of aryl methyl sites for hydroxylation is 2. The van der Waals surface area contributed by atoms with Crippen LogP contribution in [0.1, 0.15) is 11.1 Å². The predicted octanol–water partition coefficient (Wildman–Crippen LogP) is 4.02. The van der Waals surface area contributed by atoms with E-state index in [4.69, 9.17) is 15.4 Å². The highest BCUT2D eigenvalue weighted by atomic mass is 35.7. The van der Waals surface area contributed by atoms with E-state index in [2.05, 4.69) is 6.07 Å². The molecule has 19 heavy (non-hydrogen) atoms. The Morgan fingerprint density at radius 2 is 1.42 bits per heavy atom. The first-order chi connectivity index (χ1) is 8.84. The van der Waals surface area contributed by atoms with E-state index in [0.29, 0.717) is 5.75 Å². The second-order valence-electron chi connectivity index (χ2n) is 4.33. The summed E-state index contributed by atoms with van der Waals surface area (Å²) in [5.74, 6) is 1.29. The van der Waals surface area contributed by atoms with Crippen molar-refractivity contribution in [3.05, 3.63) is 53.6 Å². The second kappa shape index (κ2) is 5.23. The molecule has 0 aliphatic carbocycles. The molecule has 0 aliphatic heterocycles. The molecular formula is C14H13ClO3S. The van der Waals surface area contributed by atoms with Crippen LogP contribution in [-0.4, -0.2) is 8.42 Å². The smallest absolute Gasteiger partial charge is 0.261 e. The Morgan fingerprint density at radius 3 is 1.89 bits per heavy atom. The minimum Gasteiger partial charge on any atom is -0.457 e. The van der Waals surface area contributed by atoms with Gasteiger partial charge in [-0.05, 0) is 61.4 Å². The van der Waals surface area contributed by atoms with E-state index in [-0.39, 0.29) is 4.90 Å². The van der Waals surface area contributed by atoms with E-state index in [1.165, 1.54) is 12.1 Å². The fraction of sp³-hybridized carbons (Fsp3) is 0.143. The van der Waals surface area contributed by atoms with E-state index < -0.39 is 9.05 Å². The minimum atomic E-state index is -3.69. The Hall–Kier alpha value is -1.52. The number of hydrogen-bond donors (Lipinski definition) is 0. The molecule has 2 aromatic carbocycles. The van der Waals surface area contributed by atoms with Crippen molar-refractivity contribution in [3.8, 4) is 11.5 Å². The van der Waals surface area contributed by atoms with Crippen LogP contribution >= 0.6 is 10.7 Å². The molecule has 0 bridgehead atoms. The van der Waals surface area contributed by atoms with Crippen LogP contribution in [0.5, 0.6) is 11.5 Å². The maximum atomic E-state index is 11.1. The fourth-order valence-corrected chi connectivity index (χ4v) is 2.57. The summed E-state index contributed by atoms with van der Waals surface area (Å²) >= 11 is 0. The highest BCUT2D eigenvalue weighted by Gasteiger charge is 2.09. The molecule has 2 aromatic rings. The van der Waals surface area contributed by atoms with Crippen molar-refractivity contribution < 1.29 is 13.2 Å². The zero-order valence-electron chi connectivity index (χ0n) is 10.6. The van der Waals surface area contributed by atoms with Gasteiger partial charge >= 0.3 is 0 Å². The molecule has 0 amide bonds. The second-order valence-corrected chi connectivity index (χ2v) is 6.90. The number of hydrogen-bond acceptors (Lipinski definition) is 3. The number of ether oxygens (including phenoxy) is 1. The largest absolute Gasteiger partial charge is 0.457 e. The van der Waals surface area contributed by atoms with Crippen LogP contribution in [0.25, 0.3) is 0 Å². The van der Waals surface area contributed by atoms with E-state index in [0.717, 1.165) is 16.9 Å². The maximum Gasteiger partial charge on any atom is 0.261 e. The van der Waals surface area contributed by atoms with Crippen molar-refractivity contribution in [3.63, 3.8) is 0 Å². The average molecular weight is 297 g/mol. The van der Waals surface area contributed by atoms with Crippen molar-refractivity contribution in [1.82, 2.24) is 0 Å². The van der Waals surface area contributed by atoms with E-state index in [9.17, 15) is 8.42 Å². The Labute approximate surface area is 117 Å². The standard InChI is InChI=1S/C14H13ClO3S/c1-10-7-11(2)9-13(8-10)18-12-3-5-14(6-4-12)19(15,16)17/h3-9H,1-2H3. The molecule has 0 saturated carbocycles. The van der Waals surface area contributed by atoms with Crippen LogP contribution in [0.4, 0.5) is 0 Å². The third kappa shape index (κ3) is 3.72. The van der Waals surface area contributed by atoms with Gasteiger partial charge in [0.05, 0.1) is 4.90 Å². The number of benzene rings is 2. The van der Waals surface area contributed by atoms with E-state index in [1.807, 2.05) is 26.0 Å². The highest BCUT2D eigenvalue weighted by Crippen LogP contribution is 2.25. The molecule has 0 spiro atoms. The molecule has 0 saturated heterocycles. The summed E-state index contributed by atoms with van der Waals surface area (Å²) in [6.45, 7) is 3.98. The third-order valence-electron chi connectivity index (χ3n) is 2.54. The number of rotatable bonds is 3. The van der Waals surface area contributed by atoms with Gasteiger partial charge in [-0.25, -0.2) is 8.42 Å². The monoisotopic (exact) mass is 296 g/mol. The molecule has 0 unspecified atom stereocenters. The van der Waals surface area contributed by atoms with Crippen LogP contribution in [0, 0.1) is 13.8 Å². The zero-order chi connectivity index (χ0) is 14.0. The summed E-state index contributed by atoms with van der Waals surface area (Å²) < 4.78 is 27.9. The van der Waals surface area contributed by atoms with Gasteiger partial charge in [-0.1, -0.05) is 6.07 Å². The van der Waals surface area contributed by atoms with Gasteiger partial charge in [0.2, 0.25) is 0 Å². The lowest BCUT2D eigenvalue weighted by Gasteiger charge is -2.08. The molecule has 0 heterocycles. The van der Waals surface area contributed by atoms with Gasteiger partial charge in [0, 0.05) is 10.7 Å². The van der Waals surface area contributed by atoms with Gasteiger partial charge in [-0.2, -0.15) is 0 Å². The van der Waals surface area contributed by atoms with Crippen molar-refractivity contribution in [2.24, 2.45) is 0 Å². The molecule has 0 aromatic heterocycles. The van der Waals surface area contributed by atoms with Crippen molar-refractivity contribution >= 4 is 19.7 Å². The molecular weight excluding hydrogens is 284 g/mol. The van der Waals surface area contributed by atoms with E-state index in [1.54, 1.807) is 12.1 Å². The minimum absolute atomic E-state index is 0.0574. The van der Waals surface area contributed by atoms with Gasteiger partial charge in [0.25, 0.3) is 9.05 Å². The fourth-order valence-electron chi connectivity index (χ4n) is 1.80. The van der Waals surface area contributed by atoms with Crippen molar-refractivity contribution in [2.45, 2.75) is 18.7 Å². The average Bonchev–Trinajstić information content (AvgIpc) is 2.26. The summed E-state index contributed by atoms with van der Waals surface area (Å²) in [5, 5.41) is 0. The summed E-state index contributed by atoms with van der Waals surface area (Å²) in [4.78, 5) is 0.0574. The lowest BCUT2D eigenvalue weighted by molar-refractivity contribution is 0.481. The lowest BCUT2D eigenvalue weighted by Crippen LogP contribution is -1.91. The summed E-state index contributed by atoms with van der Waals surface area (Å²) in [6, 6.07) is 11.9. The van der Waals surface area contributed by atoms with Crippen LogP contribution in [0.2, 0.25) is 0 Å². The van der Waals surface area contributed by atoms with Crippen molar-refractivity contribution in [2.75, 3.05) is 0 Å². The molecule has 0 radical (unpaired) electrons. The molecule has 0 aliphatic rings. The third-order valence-corrected chi connectivity index (χ3v) is 3.91. The van der Waals surface area contributed by atoms with Crippen LogP contribution in [0.15, 0.2) is 47.4 Å². The normalized spacial score (nSPS) is 11.3. The van der Waals surface area contributed by atoms with Gasteiger partial charge < -0.3 is 4.74 Å². The van der Waals surface area contributed by atoms with Crippen molar-refractivity contribution in [1.29, 1.82) is 0 Å². The van der Waals surface area contributed by atoms with Gasteiger partial charge in [0.1, 0.15) is 11.5 Å². The van der Waals surface area contributed by atoms with E-state index >= 15 is 0 Å². The first kappa shape index (κ1) is 13.9. The Kier molecular flexibility index (Phi) is 3.83. The van der Waals surface area contributed by atoms with Gasteiger partial charge in [-0.3, -0.25) is 0 Å². The van der Waals surface area contributed by atoms with Gasteiger partial charge in [-0.15, -0.1) is 0 Å². The molecule has 100 valence electrons. The first-order valence-electron chi connectivity index (χ1n) is 5.65. The molecule has 2 rings (SSSR count). The zero-order valence-corrected chi connectivity index (χ0v) is 12.1. The predicted molar refractivity (Wildman–Crippen MR) is 75.5 cm³/mol. The SMILES string of the molecule is Cc1cc(C)cc(Oc2ccc(S(=O)(=O)Cl)cc2)c1. The molecule has 0 atom stereocenters. The van der Waals surface area contributed by atoms with Crippen LogP contribution in [-0.2, 0) is 9.05 Å². The number of halogens is 1. The quantitative estimate of drug-likeness (QED) is 0.803. The molecule has 0 N–H and O–H groups in total. The van der Waals surface area contributed by atoms with Crippen LogP contribution < -0.4 is 4.74 Å². The lowest BCUT2D eigenvalue weighted by atomic mass is 10.1. The molecule has 5 heteroatoms. The molecule has 3 nitrogen and oxygen atoms in total. The molecule has 0 fully saturated rings. The first-order valence-corrected chi connectivity index (χ1v) is 7.96. The topological polar surface area (TPSA) is 43.4 Å².